The van der Waals surface area contributed by atoms with E-state index in [1.807, 2.05) is 43.3 Å². The van der Waals surface area contributed by atoms with E-state index in [9.17, 15) is 9.00 Å². The summed E-state index contributed by atoms with van der Waals surface area (Å²) in [4.78, 5) is 13.4. The molecule has 4 aromatic rings. The molecule has 0 saturated heterocycles. The fourth-order valence-electron chi connectivity index (χ4n) is 3.68. The summed E-state index contributed by atoms with van der Waals surface area (Å²) >= 11 is 0. The molecule has 0 aliphatic rings. The van der Waals surface area contributed by atoms with E-state index < -0.39 is 10.8 Å². The third kappa shape index (κ3) is 3.12. The number of hydrogen-bond donors (Lipinski definition) is 1. The van der Waals surface area contributed by atoms with Gasteiger partial charge in [-0.05, 0) is 43.3 Å². The zero-order chi connectivity index (χ0) is 19.7. The van der Waals surface area contributed by atoms with Crippen LogP contribution in [0.4, 0.5) is 5.69 Å². The lowest BCUT2D eigenvalue weighted by Gasteiger charge is -2.10. The number of anilines is 1. The van der Waals surface area contributed by atoms with Crippen LogP contribution >= 0.6 is 0 Å². The Bertz CT molecular complexity index is 1210. The van der Waals surface area contributed by atoms with E-state index >= 15 is 0 Å². The van der Waals surface area contributed by atoms with Crippen molar-refractivity contribution in [1.82, 2.24) is 4.57 Å². The maximum absolute atomic E-state index is 12.9. The van der Waals surface area contributed by atoms with Crippen molar-refractivity contribution in [3.05, 3.63) is 72.3 Å². The molecule has 1 amide bonds. The molecule has 4 nitrogen and oxygen atoms in total. The van der Waals surface area contributed by atoms with Crippen molar-refractivity contribution in [2.45, 2.75) is 25.3 Å². The molecule has 3 aromatic carbocycles. The van der Waals surface area contributed by atoms with Gasteiger partial charge in [-0.3, -0.25) is 9.00 Å². The van der Waals surface area contributed by atoms with E-state index in [0.29, 0.717) is 16.2 Å². The van der Waals surface area contributed by atoms with E-state index in [1.54, 1.807) is 18.2 Å². The first-order valence-electron chi connectivity index (χ1n) is 9.43. The molecule has 1 aromatic heterocycles. The topological polar surface area (TPSA) is 51.1 Å². The Morgan fingerprint density at radius 1 is 0.929 bits per heavy atom. The highest BCUT2D eigenvalue weighted by Gasteiger charge is 2.16. The predicted molar refractivity (Wildman–Crippen MR) is 116 cm³/mol. The number of rotatable bonds is 5. The molecule has 142 valence electrons. The summed E-state index contributed by atoms with van der Waals surface area (Å²) in [5, 5.41) is 5.26. The minimum Gasteiger partial charge on any atom is -0.341 e. The summed E-state index contributed by atoms with van der Waals surface area (Å²) in [7, 11) is -1.18. The average molecular weight is 391 g/mol. The molecule has 0 spiro atoms. The van der Waals surface area contributed by atoms with Crippen LogP contribution in [0.5, 0.6) is 0 Å². The highest BCUT2D eigenvalue weighted by atomic mass is 32.2. The quantitative estimate of drug-likeness (QED) is 0.509. The Kier molecular flexibility index (Phi) is 5.01. The van der Waals surface area contributed by atoms with Gasteiger partial charge < -0.3 is 9.88 Å². The van der Waals surface area contributed by atoms with Gasteiger partial charge in [0.05, 0.1) is 21.3 Å². The molecule has 28 heavy (non-hydrogen) atoms. The number of nitrogens with zero attached hydrogens (tertiary/aromatic N) is 1. The zero-order valence-corrected chi connectivity index (χ0v) is 16.8. The Labute approximate surface area is 166 Å². The van der Waals surface area contributed by atoms with Crippen molar-refractivity contribution >= 4 is 44.2 Å². The molecule has 0 unspecified atom stereocenters. The number of aromatic nitrogens is 1. The SMILES string of the molecule is CCn1c2ccccc2c2cc(NC(=O)c3ccccc3[S@@](=O)CC)ccc21. The number of fused-ring (bicyclic) bond motifs is 3. The van der Waals surface area contributed by atoms with Gasteiger partial charge in [0, 0.05) is 39.8 Å². The van der Waals surface area contributed by atoms with E-state index in [4.69, 9.17) is 0 Å². The number of para-hydroxylation sites is 1. The standard InChI is InChI=1S/C23H22N2O2S/c1-3-25-20-11-7-5-9-17(20)19-15-16(13-14-21(19)25)24-23(26)18-10-6-8-12-22(18)28(27)4-2/h5-15H,3-4H2,1-2H3,(H,24,26)/t28-/m0/s1. The second-order valence-corrected chi connectivity index (χ2v) is 8.29. The van der Waals surface area contributed by atoms with Gasteiger partial charge in [0.1, 0.15) is 0 Å². The number of nitrogens with one attached hydrogen (secondary N) is 1. The van der Waals surface area contributed by atoms with Crippen LogP contribution in [0.25, 0.3) is 21.8 Å². The smallest absolute Gasteiger partial charge is 0.256 e. The van der Waals surface area contributed by atoms with Gasteiger partial charge in [-0.25, -0.2) is 0 Å². The van der Waals surface area contributed by atoms with Crippen LogP contribution in [-0.4, -0.2) is 20.4 Å². The Morgan fingerprint density at radius 2 is 1.64 bits per heavy atom. The first-order chi connectivity index (χ1) is 13.6. The number of amides is 1. The van der Waals surface area contributed by atoms with Crippen molar-refractivity contribution in [2.75, 3.05) is 11.1 Å². The summed E-state index contributed by atoms with van der Waals surface area (Å²) in [6, 6.07) is 21.4. The summed E-state index contributed by atoms with van der Waals surface area (Å²) in [5.41, 5.74) is 3.52. The van der Waals surface area contributed by atoms with E-state index in [1.165, 1.54) is 10.9 Å². The van der Waals surface area contributed by atoms with Gasteiger partial charge in [-0.1, -0.05) is 37.3 Å². The lowest BCUT2D eigenvalue weighted by molar-refractivity contribution is 0.102. The van der Waals surface area contributed by atoms with Crippen molar-refractivity contribution < 1.29 is 9.00 Å². The van der Waals surface area contributed by atoms with Gasteiger partial charge in [0.2, 0.25) is 0 Å². The lowest BCUT2D eigenvalue weighted by Crippen LogP contribution is -2.15. The Hall–Kier alpha value is -2.92. The summed E-state index contributed by atoms with van der Waals surface area (Å²) in [6.45, 7) is 4.86. The molecular weight excluding hydrogens is 368 g/mol. The molecule has 4 rings (SSSR count). The largest absolute Gasteiger partial charge is 0.341 e. The zero-order valence-electron chi connectivity index (χ0n) is 15.9. The number of benzene rings is 3. The van der Waals surface area contributed by atoms with Crippen LogP contribution in [0.2, 0.25) is 0 Å². The lowest BCUT2D eigenvalue weighted by atomic mass is 10.1. The van der Waals surface area contributed by atoms with Crippen LogP contribution in [0.15, 0.2) is 71.6 Å². The molecule has 0 bridgehead atoms. The molecule has 0 saturated carbocycles. The second-order valence-electron chi connectivity index (χ2n) is 6.58. The normalized spacial score (nSPS) is 12.4. The molecule has 0 aliphatic carbocycles. The highest BCUT2D eigenvalue weighted by molar-refractivity contribution is 7.85. The molecule has 1 atom stereocenters. The molecule has 0 radical (unpaired) electrons. The first kappa shape index (κ1) is 18.4. The fraction of sp³-hybridized carbons (Fsp3) is 0.174. The van der Waals surface area contributed by atoms with E-state index in [2.05, 4.69) is 28.9 Å². The second kappa shape index (κ2) is 7.60. The van der Waals surface area contributed by atoms with Crippen molar-refractivity contribution in [3.8, 4) is 0 Å². The minimum absolute atomic E-state index is 0.240. The maximum atomic E-state index is 12.9. The average Bonchev–Trinajstić information content (AvgIpc) is 3.06. The van der Waals surface area contributed by atoms with Crippen LogP contribution in [0.3, 0.4) is 0 Å². The molecule has 5 heteroatoms. The highest BCUT2D eigenvalue weighted by Crippen LogP contribution is 2.31. The Morgan fingerprint density at radius 3 is 2.43 bits per heavy atom. The van der Waals surface area contributed by atoms with Crippen LogP contribution < -0.4 is 5.32 Å². The van der Waals surface area contributed by atoms with Gasteiger partial charge in [-0.2, -0.15) is 0 Å². The van der Waals surface area contributed by atoms with Gasteiger partial charge in [-0.15, -0.1) is 0 Å². The molecule has 0 fully saturated rings. The number of carbonyl (C=O) groups excluding carboxylic acids is 1. The summed E-state index contributed by atoms with van der Waals surface area (Å²) in [6.07, 6.45) is 0. The first-order valence-corrected chi connectivity index (χ1v) is 10.8. The fourth-order valence-corrected chi connectivity index (χ4v) is 4.63. The Balaban J connectivity index is 1.74. The van der Waals surface area contributed by atoms with Crippen LogP contribution in [0, 0.1) is 0 Å². The van der Waals surface area contributed by atoms with Crippen LogP contribution in [0.1, 0.15) is 24.2 Å². The van der Waals surface area contributed by atoms with Gasteiger partial charge >= 0.3 is 0 Å². The number of hydrogen-bond acceptors (Lipinski definition) is 2. The molecule has 1 heterocycles. The van der Waals surface area contributed by atoms with Gasteiger partial charge in [0.15, 0.2) is 0 Å². The van der Waals surface area contributed by atoms with E-state index in [0.717, 1.165) is 23.1 Å². The van der Waals surface area contributed by atoms with Gasteiger partial charge in [0.25, 0.3) is 5.91 Å². The predicted octanol–water partition coefficient (Wildman–Crippen LogP) is 5.19. The third-order valence-electron chi connectivity index (χ3n) is 4.99. The third-order valence-corrected chi connectivity index (χ3v) is 6.36. The van der Waals surface area contributed by atoms with E-state index in [-0.39, 0.29) is 5.91 Å². The summed E-state index contributed by atoms with van der Waals surface area (Å²) in [5.74, 6) is 0.239. The number of aryl methyl sites for hydroxylation is 1. The monoisotopic (exact) mass is 390 g/mol. The van der Waals surface area contributed by atoms with Crippen molar-refractivity contribution in [1.29, 1.82) is 0 Å². The maximum Gasteiger partial charge on any atom is 0.256 e. The van der Waals surface area contributed by atoms with Crippen molar-refractivity contribution in [2.24, 2.45) is 0 Å². The molecular formula is C23H22N2O2S. The molecule has 0 aliphatic heterocycles. The van der Waals surface area contributed by atoms with Crippen molar-refractivity contribution in [3.63, 3.8) is 0 Å². The van der Waals surface area contributed by atoms with Crippen LogP contribution in [-0.2, 0) is 17.3 Å². The molecule has 1 N–H and O–H groups in total. The summed E-state index contributed by atoms with van der Waals surface area (Å²) < 4.78 is 14.6. The number of carbonyl (C=O) groups is 1. The minimum atomic E-state index is -1.18.